The van der Waals surface area contributed by atoms with Gasteiger partial charge in [0, 0.05) is 0 Å². The molecule has 0 radical (unpaired) electrons. The van der Waals surface area contributed by atoms with E-state index in [1.807, 2.05) is 0 Å². The van der Waals surface area contributed by atoms with E-state index < -0.39 is 27.0 Å². The van der Waals surface area contributed by atoms with Crippen LogP contribution in [0.3, 0.4) is 0 Å². The van der Waals surface area contributed by atoms with Gasteiger partial charge in [0.15, 0.2) is 9.84 Å². The first-order valence-corrected chi connectivity index (χ1v) is 6.85. The molecule has 0 aliphatic heterocycles. The molecule has 0 amide bonds. The summed E-state index contributed by atoms with van der Waals surface area (Å²) in [6, 6.07) is 6.60. The number of aryl methyl sites for hydroxylation is 1. The third-order valence-electron chi connectivity index (χ3n) is 2.98. The predicted molar refractivity (Wildman–Crippen MR) is 64.6 cm³/mol. The normalized spacial score (nSPS) is 15.2. The van der Waals surface area contributed by atoms with Gasteiger partial charge in [-0.2, -0.15) is 0 Å². The Morgan fingerprint density at radius 2 is 1.76 bits per heavy atom. The second-order valence-corrected chi connectivity index (χ2v) is 6.42. The Kier molecular flexibility index (Phi) is 3.93. The largest absolute Gasteiger partial charge is 0.481 e. The zero-order chi connectivity index (χ0) is 13.2. The first-order valence-electron chi connectivity index (χ1n) is 5.30. The molecule has 5 heteroatoms. The number of carboxylic acids is 1. The fraction of sp³-hybridized carbons (Fsp3) is 0.417. The Balaban J connectivity index is 3.21. The van der Waals surface area contributed by atoms with E-state index in [4.69, 9.17) is 5.11 Å². The number of sulfone groups is 1. The molecule has 1 aromatic rings. The van der Waals surface area contributed by atoms with Crippen molar-refractivity contribution in [3.05, 3.63) is 29.8 Å². The molecule has 94 valence electrons. The zero-order valence-electron chi connectivity index (χ0n) is 10.0. The fourth-order valence-electron chi connectivity index (χ4n) is 1.55. The molecule has 0 saturated carbocycles. The molecule has 2 unspecified atom stereocenters. The summed E-state index contributed by atoms with van der Waals surface area (Å²) in [5, 5.41) is 7.92. The third kappa shape index (κ3) is 2.66. The molecule has 0 fully saturated rings. The smallest absolute Gasteiger partial charge is 0.307 e. The number of rotatable bonds is 4. The summed E-state index contributed by atoms with van der Waals surface area (Å²) in [7, 11) is -3.59. The molecule has 2 atom stereocenters. The lowest BCUT2D eigenvalue weighted by atomic mass is 10.1. The number of hydrogen-bond acceptors (Lipinski definition) is 3. The molecule has 0 aromatic heterocycles. The first-order chi connectivity index (χ1) is 7.78. The number of hydrogen-bond donors (Lipinski definition) is 1. The maximum atomic E-state index is 12.2. The van der Waals surface area contributed by atoms with Gasteiger partial charge in [-0.15, -0.1) is 0 Å². The van der Waals surface area contributed by atoms with Gasteiger partial charge in [0.2, 0.25) is 0 Å². The van der Waals surface area contributed by atoms with E-state index in [0.29, 0.717) is 5.56 Å². The fourth-order valence-corrected chi connectivity index (χ4v) is 3.38. The Bertz CT molecular complexity index is 519. The standard InChI is InChI=1S/C12H16O4S/c1-8-6-4-5-7-11(8)17(15,16)10(3)9(2)12(13)14/h4-7,9-10H,1-3H3,(H,13,14). The highest BCUT2D eigenvalue weighted by Crippen LogP contribution is 2.24. The summed E-state index contributed by atoms with van der Waals surface area (Å²) >= 11 is 0. The van der Waals surface area contributed by atoms with Crippen LogP contribution in [0.25, 0.3) is 0 Å². The van der Waals surface area contributed by atoms with Crippen molar-refractivity contribution < 1.29 is 18.3 Å². The SMILES string of the molecule is Cc1ccccc1S(=O)(=O)C(C)C(C)C(=O)O. The van der Waals surface area contributed by atoms with Crippen molar-refractivity contribution in [2.24, 2.45) is 5.92 Å². The van der Waals surface area contributed by atoms with E-state index in [9.17, 15) is 13.2 Å². The summed E-state index contributed by atoms with van der Waals surface area (Å²) in [6.07, 6.45) is 0. The van der Waals surface area contributed by atoms with Crippen molar-refractivity contribution in [2.75, 3.05) is 0 Å². The Morgan fingerprint density at radius 1 is 1.24 bits per heavy atom. The topological polar surface area (TPSA) is 71.4 Å². The van der Waals surface area contributed by atoms with Crippen molar-refractivity contribution in [1.82, 2.24) is 0 Å². The number of aliphatic carboxylic acids is 1. The molecule has 0 aliphatic carbocycles. The lowest BCUT2D eigenvalue weighted by Gasteiger charge is -2.17. The molecular weight excluding hydrogens is 240 g/mol. The van der Waals surface area contributed by atoms with Crippen LogP contribution >= 0.6 is 0 Å². The second kappa shape index (κ2) is 4.87. The van der Waals surface area contributed by atoms with E-state index in [1.165, 1.54) is 19.9 Å². The lowest BCUT2D eigenvalue weighted by molar-refractivity contribution is -0.141. The highest BCUT2D eigenvalue weighted by Gasteiger charge is 2.32. The minimum absolute atomic E-state index is 0.209. The van der Waals surface area contributed by atoms with Crippen LogP contribution in [-0.4, -0.2) is 24.7 Å². The molecule has 1 rings (SSSR count). The molecular formula is C12H16O4S. The Labute approximate surface area is 101 Å². The summed E-state index contributed by atoms with van der Waals surface area (Å²) < 4.78 is 24.5. The first kappa shape index (κ1) is 13.7. The third-order valence-corrected chi connectivity index (χ3v) is 5.44. The van der Waals surface area contributed by atoms with E-state index in [-0.39, 0.29) is 4.90 Å². The molecule has 0 saturated heterocycles. The van der Waals surface area contributed by atoms with Gasteiger partial charge in [0.1, 0.15) is 0 Å². The van der Waals surface area contributed by atoms with Crippen LogP contribution < -0.4 is 0 Å². The van der Waals surface area contributed by atoms with Gasteiger partial charge < -0.3 is 5.11 Å². The van der Waals surface area contributed by atoms with Gasteiger partial charge in [-0.25, -0.2) is 8.42 Å². The van der Waals surface area contributed by atoms with Crippen LogP contribution in [0.2, 0.25) is 0 Å². The van der Waals surface area contributed by atoms with Crippen molar-refractivity contribution in [2.45, 2.75) is 30.9 Å². The van der Waals surface area contributed by atoms with E-state index in [2.05, 4.69) is 0 Å². The molecule has 0 heterocycles. The maximum absolute atomic E-state index is 12.2. The minimum Gasteiger partial charge on any atom is -0.481 e. The summed E-state index contributed by atoms with van der Waals surface area (Å²) in [5.74, 6) is -2.03. The zero-order valence-corrected chi connectivity index (χ0v) is 10.9. The van der Waals surface area contributed by atoms with Crippen molar-refractivity contribution in [3.63, 3.8) is 0 Å². The lowest BCUT2D eigenvalue weighted by Crippen LogP contribution is -2.31. The van der Waals surface area contributed by atoms with Crippen LogP contribution in [0, 0.1) is 12.8 Å². The Hall–Kier alpha value is -1.36. The van der Waals surface area contributed by atoms with E-state index in [1.54, 1.807) is 25.1 Å². The quantitative estimate of drug-likeness (QED) is 0.892. The highest BCUT2D eigenvalue weighted by molar-refractivity contribution is 7.92. The van der Waals surface area contributed by atoms with Crippen LogP contribution in [-0.2, 0) is 14.6 Å². The van der Waals surface area contributed by atoms with Crippen molar-refractivity contribution in [1.29, 1.82) is 0 Å². The monoisotopic (exact) mass is 256 g/mol. The van der Waals surface area contributed by atoms with E-state index in [0.717, 1.165) is 0 Å². The van der Waals surface area contributed by atoms with Crippen LogP contribution in [0.4, 0.5) is 0 Å². The molecule has 0 spiro atoms. The van der Waals surface area contributed by atoms with Crippen LogP contribution in [0.5, 0.6) is 0 Å². The average Bonchev–Trinajstić information content (AvgIpc) is 2.27. The van der Waals surface area contributed by atoms with Crippen LogP contribution in [0.15, 0.2) is 29.2 Å². The average molecular weight is 256 g/mol. The minimum atomic E-state index is -3.59. The predicted octanol–water partition coefficient (Wildman–Crippen LogP) is 1.88. The molecule has 4 nitrogen and oxygen atoms in total. The van der Waals surface area contributed by atoms with Crippen molar-refractivity contribution >= 4 is 15.8 Å². The maximum Gasteiger partial charge on any atom is 0.307 e. The van der Waals surface area contributed by atoms with Gasteiger partial charge in [-0.1, -0.05) is 25.1 Å². The summed E-state index contributed by atoms with van der Waals surface area (Å²) in [5.41, 5.74) is 0.636. The highest BCUT2D eigenvalue weighted by atomic mass is 32.2. The van der Waals surface area contributed by atoms with Gasteiger partial charge in [-0.3, -0.25) is 4.79 Å². The number of carboxylic acid groups (broad SMARTS) is 1. The number of benzene rings is 1. The molecule has 1 N–H and O–H groups in total. The molecule has 0 bridgehead atoms. The van der Waals surface area contributed by atoms with Crippen LogP contribution in [0.1, 0.15) is 19.4 Å². The summed E-state index contributed by atoms with van der Waals surface area (Å²) in [4.78, 5) is 11.0. The van der Waals surface area contributed by atoms with Crippen molar-refractivity contribution in [3.8, 4) is 0 Å². The van der Waals surface area contributed by atoms with Gasteiger partial charge >= 0.3 is 5.97 Å². The van der Waals surface area contributed by atoms with Gasteiger partial charge in [0.05, 0.1) is 16.1 Å². The van der Waals surface area contributed by atoms with E-state index >= 15 is 0 Å². The molecule has 1 aromatic carbocycles. The second-order valence-electron chi connectivity index (χ2n) is 4.14. The molecule has 0 aliphatic rings. The summed E-state index contributed by atoms with van der Waals surface area (Å²) in [6.45, 7) is 4.54. The van der Waals surface area contributed by atoms with Gasteiger partial charge in [-0.05, 0) is 25.5 Å². The number of carbonyl (C=O) groups is 1. The molecule has 17 heavy (non-hydrogen) atoms. The Morgan fingerprint density at radius 3 is 2.24 bits per heavy atom. The van der Waals surface area contributed by atoms with Gasteiger partial charge in [0.25, 0.3) is 0 Å².